The van der Waals surface area contributed by atoms with Crippen LogP contribution in [0.1, 0.15) is 24.2 Å². The minimum absolute atomic E-state index is 0.435. The van der Waals surface area contributed by atoms with E-state index in [0.29, 0.717) is 5.02 Å². The molecule has 0 fully saturated rings. The number of rotatable bonds is 5. The number of hydrogen-bond donors (Lipinski definition) is 1. The Bertz CT molecular complexity index is 612. The standard InChI is InChI=1S/C17H18ClNO2/c1-17(16(19)20,13-6-4-3-5-7-13)15(21-2)12-8-10-14(18)11-9-12/h3-11,15H,1-2H3,(H2,19,20). The average Bonchev–Trinajstić information content (AvgIpc) is 2.50. The molecule has 0 aliphatic rings. The summed E-state index contributed by atoms with van der Waals surface area (Å²) in [6.45, 7) is 1.80. The molecule has 0 spiro atoms. The zero-order valence-corrected chi connectivity index (χ0v) is 12.8. The smallest absolute Gasteiger partial charge is 0.230 e. The molecule has 0 heterocycles. The molecule has 0 saturated heterocycles. The Kier molecular flexibility index (Phi) is 4.66. The van der Waals surface area contributed by atoms with E-state index in [0.717, 1.165) is 11.1 Å². The van der Waals surface area contributed by atoms with Crippen molar-refractivity contribution in [1.82, 2.24) is 0 Å². The van der Waals surface area contributed by atoms with Gasteiger partial charge in [-0.1, -0.05) is 54.1 Å². The minimum Gasteiger partial charge on any atom is -0.375 e. The highest BCUT2D eigenvalue weighted by Crippen LogP contribution is 2.39. The number of primary amides is 1. The molecule has 0 radical (unpaired) electrons. The Morgan fingerprint density at radius 2 is 1.71 bits per heavy atom. The summed E-state index contributed by atoms with van der Waals surface area (Å²) in [4.78, 5) is 12.2. The van der Waals surface area contributed by atoms with Crippen molar-refractivity contribution in [2.24, 2.45) is 5.73 Å². The van der Waals surface area contributed by atoms with Crippen LogP contribution in [-0.2, 0) is 14.9 Å². The van der Waals surface area contributed by atoms with Crippen LogP contribution in [-0.4, -0.2) is 13.0 Å². The Hall–Kier alpha value is -1.84. The highest BCUT2D eigenvalue weighted by molar-refractivity contribution is 6.30. The summed E-state index contributed by atoms with van der Waals surface area (Å²) in [7, 11) is 1.57. The molecule has 0 aromatic heterocycles. The van der Waals surface area contributed by atoms with Crippen molar-refractivity contribution in [3.63, 3.8) is 0 Å². The monoisotopic (exact) mass is 303 g/mol. The lowest BCUT2D eigenvalue weighted by Crippen LogP contribution is -2.44. The Morgan fingerprint density at radius 1 is 1.14 bits per heavy atom. The van der Waals surface area contributed by atoms with Crippen molar-refractivity contribution in [3.05, 3.63) is 70.7 Å². The van der Waals surface area contributed by atoms with E-state index in [-0.39, 0.29) is 0 Å². The zero-order chi connectivity index (χ0) is 15.5. The van der Waals surface area contributed by atoms with Crippen LogP contribution in [0.3, 0.4) is 0 Å². The Morgan fingerprint density at radius 3 is 2.19 bits per heavy atom. The molecule has 2 aromatic carbocycles. The lowest BCUT2D eigenvalue weighted by Gasteiger charge is -2.34. The maximum absolute atomic E-state index is 12.2. The zero-order valence-electron chi connectivity index (χ0n) is 12.0. The third kappa shape index (κ3) is 2.94. The van der Waals surface area contributed by atoms with Crippen LogP contribution in [0.25, 0.3) is 0 Å². The first kappa shape index (κ1) is 15.5. The highest BCUT2D eigenvalue weighted by atomic mass is 35.5. The average molecular weight is 304 g/mol. The van der Waals surface area contributed by atoms with E-state index in [9.17, 15) is 4.79 Å². The molecular formula is C17H18ClNO2. The van der Waals surface area contributed by atoms with Gasteiger partial charge in [-0.2, -0.15) is 0 Å². The molecule has 4 heteroatoms. The Balaban J connectivity index is 2.54. The first-order valence-corrected chi connectivity index (χ1v) is 7.01. The van der Waals surface area contributed by atoms with Gasteiger partial charge in [0.05, 0.1) is 0 Å². The van der Waals surface area contributed by atoms with E-state index in [2.05, 4.69) is 0 Å². The van der Waals surface area contributed by atoms with Crippen molar-refractivity contribution in [2.45, 2.75) is 18.4 Å². The molecule has 110 valence electrons. The number of halogens is 1. The molecule has 0 aliphatic carbocycles. The summed E-state index contributed by atoms with van der Waals surface area (Å²) < 4.78 is 5.61. The molecule has 0 aliphatic heterocycles. The van der Waals surface area contributed by atoms with Gasteiger partial charge < -0.3 is 10.5 Å². The first-order chi connectivity index (χ1) is 10.00. The molecule has 0 bridgehead atoms. The SMILES string of the molecule is COC(c1ccc(Cl)cc1)C(C)(C(N)=O)c1ccccc1. The fraction of sp³-hybridized carbons (Fsp3) is 0.235. The second kappa shape index (κ2) is 6.29. The van der Waals surface area contributed by atoms with Crippen LogP contribution in [0.4, 0.5) is 0 Å². The van der Waals surface area contributed by atoms with Gasteiger partial charge in [0.15, 0.2) is 0 Å². The van der Waals surface area contributed by atoms with Gasteiger partial charge in [0.1, 0.15) is 11.5 Å². The summed E-state index contributed by atoms with van der Waals surface area (Å²) in [5.74, 6) is -0.435. The number of amides is 1. The van der Waals surface area contributed by atoms with E-state index in [4.69, 9.17) is 22.1 Å². The predicted molar refractivity (Wildman–Crippen MR) is 84.2 cm³/mol. The molecule has 2 N–H and O–H groups in total. The lowest BCUT2D eigenvalue weighted by molar-refractivity contribution is -0.128. The van der Waals surface area contributed by atoms with Crippen molar-refractivity contribution in [2.75, 3.05) is 7.11 Å². The lowest BCUT2D eigenvalue weighted by atomic mass is 9.74. The summed E-state index contributed by atoms with van der Waals surface area (Å²) in [6, 6.07) is 16.7. The third-order valence-corrected chi connectivity index (χ3v) is 4.07. The second-order valence-electron chi connectivity index (χ2n) is 5.10. The molecule has 2 unspecified atom stereocenters. The largest absolute Gasteiger partial charge is 0.375 e. The number of hydrogen-bond acceptors (Lipinski definition) is 2. The number of nitrogens with two attached hydrogens (primary N) is 1. The van der Waals surface area contributed by atoms with E-state index < -0.39 is 17.4 Å². The van der Waals surface area contributed by atoms with Gasteiger partial charge in [-0.05, 0) is 30.2 Å². The van der Waals surface area contributed by atoms with E-state index >= 15 is 0 Å². The maximum Gasteiger partial charge on any atom is 0.230 e. The molecular weight excluding hydrogens is 286 g/mol. The van der Waals surface area contributed by atoms with Crippen LogP contribution < -0.4 is 5.73 Å². The molecule has 1 amide bonds. The molecule has 2 aromatic rings. The molecule has 0 saturated carbocycles. The maximum atomic E-state index is 12.2. The van der Waals surface area contributed by atoms with Gasteiger partial charge in [-0.15, -0.1) is 0 Å². The van der Waals surface area contributed by atoms with Crippen molar-refractivity contribution >= 4 is 17.5 Å². The van der Waals surface area contributed by atoms with Crippen LogP contribution in [0.5, 0.6) is 0 Å². The normalized spacial score (nSPS) is 15.2. The quantitative estimate of drug-likeness (QED) is 0.919. The van der Waals surface area contributed by atoms with Crippen molar-refractivity contribution < 1.29 is 9.53 Å². The molecule has 3 nitrogen and oxygen atoms in total. The van der Waals surface area contributed by atoms with E-state index in [1.807, 2.05) is 42.5 Å². The molecule has 2 atom stereocenters. The number of carbonyl (C=O) groups is 1. The number of ether oxygens (including phenoxy) is 1. The van der Waals surface area contributed by atoms with Crippen molar-refractivity contribution in [3.8, 4) is 0 Å². The fourth-order valence-corrected chi connectivity index (χ4v) is 2.68. The van der Waals surface area contributed by atoms with Crippen molar-refractivity contribution in [1.29, 1.82) is 0 Å². The molecule has 21 heavy (non-hydrogen) atoms. The second-order valence-corrected chi connectivity index (χ2v) is 5.54. The molecule has 2 rings (SSSR count). The van der Waals surface area contributed by atoms with Crippen LogP contribution >= 0.6 is 11.6 Å². The van der Waals surface area contributed by atoms with Crippen LogP contribution in [0.2, 0.25) is 5.02 Å². The van der Waals surface area contributed by atoms with Crippen LogP contribution in [0.15, 0.2) is 54.6 Å². The van der Waals surface area contributed by atoms with Gasteiger partial charge in [0.2, 0.25) is 5.91 Å². The van der Waals surface area contributed by atoms with Gasteiger partial charge in [-0.25, -0.2) is 0 Å². The third-order valence-electron chi connectivity index (χ3n) is 3.82. The van der Waals surface area contributed by atoms with Gasteiger partial charge >= 0.3 is 0 Å². The van der Waals surface area contributed by atoms with E-state index in [1.54, 1.807) is 26.2 Å². The topological polar surface area (TPSA) is 52.3 Å². The summed E-state index contributed by atoms with van der Waals surface area (Å²) >= 11 is 5.92. The van der Waals surface area contributed by atoms with Gasteiger partial charge in [-0.3, -0.25) is 4.79 Å². The Labute approximate surface area is 129 Å². The summed E-state index contributed by atoms with van der Waals surface area (Å²) in [6.07, 6.45) is -0.491. The number of methoxy groups -OCH3 is 1. The summed E-state index contributed by atoms with van der Waals surface area (Å²) in [5.41, 5.74) is 6.41. The highest BCUT2D eigenvalue weighted by Gasteiger charge is 2.42. The minimum atomic E-state index is -0.968. The van der Waals surface area contributed by atoms with Crippen LogP contribution in [0, 0.1) is 0 Å². The fourth-order valence-electron chi connectivity index (χ4n) is 2.55. The van der Waals surface area contributed by atoms with Gasteiger partial charge in [0, 0.05) is 12.1 Å². The number of benzene rings is 2. The first-order valence-electron chi connectivity index (χ1n) is 6.64. The van der Waals surface area contributed by atoms with Gasteiger partial charge in [0.25, 0.3) is 0 Å². The number of carbonyl (C=O) groups excluding carboxylic acids is 1. The van der Waals surface area contributed by atoms with E-state index in [1.165, 1.54) is 0 Å². The summed E-state index contributed by atoms with van der Waals surface area (Å²) in [5, 5.41) is 0.633. The predicted octanol–water partition coefficient (Wildman–Crippen LogP) is 3.47.